The molecule has 0 aliphatic heterocycles. The fourth-order valence-electron chi connectivity index (χ4n) is 1.14. The summed E-state index contributed by atoms with van der Waals surface area (Å²) in [4.78, 5) is 4.25. The predicted octanol–water partition coefficient (Wildman–Crippen LogP) is 2.11. The van der Waals surface area contributed by atoms with E-state index in [-0.39, 0.29) is 0 Å². The lowest BCUT2D eigenvalue weighted by Gasteiger charge is -1.92. The molecule has 0 fully saturated rings. The lowest BCUT2D eigenvalue weighted by atomic mass is 10.3. The first kappa shape index (κ1) is 7.73. The molecule has 0 saturated carbocycles. The minimum Gasteiger partial charge on any atom is -0.236 e. The first-order valence-corrected chi connectivity index (χ1v) is 4.45. The summed E-state index contributed by atoms with van der Waals surface area (Å²) in [6.07, 6.45) is 3.69. The molecule has 0 N–H and O–H groups in total. The normalized spacial score (nSPS) is 10.9. The summed E-state index contributed by atoms with van der Waals surface area (Å²) in [6, 6.07) is 0. The number of aryl methyl sites for hydroxylation is 2. The van der Waals surface area contributed by atoms with Crippen molar-refractivity contribution in [3.63, 3.8) is 0 Å². The standard InChI is InChI=1S/C8H8BrN3/c1-5-6(2)11-12-4-7(9)3-10-8(5)12/h3-4H,1-2H3. The number of rotatable bonds is 0. The Bertz CT molecular complexity index is 433. The van der Waals surface area contributed by atoms with Gasteiger partial charge in [0.15, 0.2) is 5.65 Å². The van der Waals surface area contributed by atoms with Crippen molar-refractivity contribution < 1.29 is 0 Å². The molecule has 2 heterocycles. The lowest BCUT2D eigenvalue weighted by Crippen LogP contribution is -1.88. The molecular formula is C8H8BrN3. The minimum atomic E-state index is 0.927. The van der Waals surface area contributed by atoms with Crippen molar-refractivity contribution >= 4 is 21.6 Å². The van der Waals surface area contributed by atoms with Crippen molar-refractivity contribution in [2.45, 2.75) is 13.8 Å². The highest BCUT2D eigenvalue weighted by Gasteiger charge is 2.04. The van der Waals surface area contributed by atoms with Crippen molar-refractivity contribution in [1.29, 1.82) is 0 Å². The van der Waals surface area contributed by atoms with E-state index in [1.165, 1.54) is 0 Å². The highest BCUT2D eigenvalue weighted by atomic mass is 79.9. The summed E-state index contributed by atoms with van der Waals surface area (Å²) in [7, 11) is 0. The molecular weight excluding hydrogens is 218 g/mol. The Balaban J connectivity index is 2.87. The van der Waals surface area contributed by atoms with Crippen LogP contribution in [0.15, 0.2) is 16.9 Å². The zero-order chi connectivity index (χ0) is 8.72. The van der Waals surface area contributed by atoms with Gasteiger partial charge in [0, 0.05) is 18.0 Å². The molecule has 3 nitrogen and oxygen atoms in total. The van der Waals surface area contributed by atoms with Gasteiger partial charge in [-0.3, -0.25) is 0 Å². The third kappa shape index (κ3) is 1.03. The second-order valence-electron chi connectivity index (χ2n) is 2.75. The summed E-state index contributed by atoms with van der Waals surface area (Å²) < 4.78 is 2.73. The van der Waals surface area contributed by atoms with Crippen molar-refractivity contribution in [3.05, 3.63) is 28.1 Å². The lowest BCUT2D eigenvalue weighted by molar-refractivity contribution is 0.912. The topological polar surface area (TPSA) is 30.2 Å². The quantitative estimate of drug-likeness (QED) is 0.688. The van der Waals surface area contributed by atoms with Gasteiger partial charge in [-0.25, -0.2) is 9.50 Å². The first-order valence-electron chi connectivity index (χ1n) is 3.65. The second-order valence-corrected chi connectivity index (χ2v) is 3.67. The molecule has 0 spiro atoms. The SMILES string of the molecule is Cc1nn2cc(Br)cnc2c1C. The van der Waals surface area contributed by atoms with Crippen LogP contribution in [0, 0.1) is 13.8 Å². The second kappa shape index (κ2) is 2.55. The van der Waals surface area contributed by atoms with Crippen molar-refractivity contribution in [2.75, 3.05) is 0 Å². The molecule has 0 unspecified atom stereocenters. The van der Waals surface area contributed by atoms with Gasteiger partial charge in [0.25, 0.3) is 0 Å². The fraction of sp³-hybridized carbons (Fsp3) is 0.250. The molecule has 0 saturated heterocycles. The molecule has 0 aliphatic rings. The molecule has 12 heavy (non-hydrogen) atoms. The van der Waals surface area contributed by atoms with E-state index in [0.29, 0.717) is 0 Å². The number of halogens is 1. The summed E-state index contributed by atoms with van der Waals surface area (Å²) in [6.45, 7) is 4.01. The van der Waals surface area contributed by atoms with E-state index < -0.39 is 0 Å². The van der Waals surface area contributed by atoms with Crippen LogP contribution in [0.4, 0.5) is 0 Å². The van der Waals surface area contributed by atoms with Gasteiger partial charge < -0.3 is 0 Å². The highest BCUT2D eigenvalue weighted by Crippen LogP contribution is 2.14. The molecule has 4 heteroatoms. The molecule has 0 atom stereocenters. The summed E-state index contributed by atoms with van der Waals surface area (Å²) >= 11 is 3.34. The predicted molar refractivity (Wildman–Crippen MR) is 50.2 cm³/mol. The number of aromatic nitrogens is 3. The largest absolute Gasteiger partial charge is 0.236 e. The van der Waals surface area contributed by atoms with Crippen molar-refractivity contribution in [1.82, 2.24) is 14.6 Å². The van der Waals surface area contributed by atoms with Crippen molar-refractivity contribution in [3.8, 4) is 0 Å². The van der Waals surface area contributed by atoms with Gasteiger partial charge in [-0.15, -0.1) is 0 Å². The zero-order valence-corrected chi connectivity index (χ0v) is 8.46. The first-order chi connectivity index (χ1) is 5.68. The summed E-state index contributed by atoms with van der Waals surface area (Å²) in [5.41, 5.74) is 3.10. The van der Waals surface area contributed by atoms with Gasteiger partial charge in [0.05, 0.1) is 10.2 Å². The van der Waals surface area contributed by atoms with Crippen LogP contribution in [0.3, 0.4) is 0 Å². The van der Waals surface area contributed by atoms with Gasteiger partial charge in [0.1, 0.15) is 0 Å². The van der Waals surface area contributed by atoms with E-state index in [2.05, 4.69) is 26.0 Å². The van der Waals surface area contributed by atoms with Crippen LogP contribution in [-0.4, -0.2) is 14.6 Å². The van der Waals surface area contributed by atoms with E-state index in [1.807, 2.05) is 20.0 Å². The zero-order valence-electron chi connectivity index (χ0n) is 6.87. The van der Waals surface area contributed by atoms with Gasteiger partial charge in [-0.05, 0) is 29.8 Å². The maximum atomic E-state index is 4.30. The van der Waals surface area contributed by atoms with Gasteiger partial charge in [-0.1, -0.05) is 0 Å². The molecule has 0 bridgehead atoms. The molecule has 2 aromatic heterocycles. The summed E-state index contributed by atoms with van der Waals surface area (Å²) in [5, 5.41) is 4.30. The molecule has 0 aromatic carbocycles. The molecule has 62 valence electrons. The van der Waals surface area contributed by atoms with Crippen LogP contribution in [0.25, 0.3) is 5.65 Å². The Kier molecular flexibility index (Phi) is 1.65. The number of hydrogen-bond donors (Lipinski definition) is 0. The van der Waals surface area contributed by atoms with Crippen LogP contribution in [0.1, 0.15) is 11.3 Å². The van der Waals surface area contributed by atoms with Crippen molar-refractivity contribution in [2.24, 2.45) is 0 Å². The van der Waals surface area contributed by atoms with Gasteiger partial charge in [0.2, 0.25) is 0 Å². The van der Waals surface area contributed by atoms with Gasteiger partial charge in [-0.2, -0.15) is 5.10 Å². The van der Waals surface area contributed by atoms with E-state index in [1.54, 1.807) is 10.7 Å². The minimum absolute atomic E-state index is 0.927. The Morgan fingerprint density at radius 1 is 1.42 bits per heavy atom. The van der Waals surface area contributed by atoms with Crippen LogP contribution in [-0.2, 0) is 0 Å². The maximum Gasteiger partial charge on any atom is 0.158 e. The fourth-order valence-corrected chi connectivity index (χ4v) is 1.43. The van der Waals surface area contributed by atoms with Crippen LogP contribution in [0.2, 0.25) is 0 Å². The average Bonchev–Trinajstić information content (AvgIpc) is 2.28. The Labute approximate surface area is 78.6 Å². The number of nitrogens with zero attached hydrogens (tertiary/aromatic N) is 3. The Morgan fingerprint density at radius 3 is 2.92 bits per heavy atom. The Morgan fingerprint density at radius 2 is 2.17 bits per heavy atom. The van der Waals surface area contributed by atoms with Crippen LogP contribution < -0.4 is 0 Å². The van der Waals surface area contributed by atoms with Crippen LogP contribution >= 0.6 is 15.9 Å². The third-order valence-corrected chi connectivity index (χ3v) is 2.32. The molecule has 0 amide bonds. The third-order valence-electron chi connectivity index (χ3n) is 1.91. The monoisotopic (exact) mass is 225 g/mol. The van der Waals surface area contributed by atoms with E-state index >= 15 is 0 Å². The van der Waals surface area contributed by atoms with Crippen LogP contribution in [0.5, 0.6) is 0 Å². The maximum absolute atomic E-state index is 4.30. The number of hydrogen-bond acceptors (Lipinski definition) is 2. The van der Waals surface area contributed by atoms with Gasteiger partial charge >= 0.3 is 0 Å². The highest BCUT2D eigenvalue weighted by molar-refractivity contribution is 9.10. The molecule has 0 aliphatic carbocycles. The Hall–Kier alpha value is -0.900. The van der Waals surface area contributed by atoms with E-state index in [9.17, 15) is 0 Å². The summed E-state index contributed by atoms with van der Waals surface area (Å²) in [5.74, 6) is 0. The van der Waals surface area contributed by atoms with E-state index in [4.69, 9.17) is 0 Å². The van der Waals surface area contributed by atoms with E-state index in [0.717, 1.165) is 21.4 Å². The average molecular weight is 226 g/mol. The molecule has 0 radical (unpaired) electrons. The smallest absolute Gasteiger partial charge is 0.158 e. The molecule has 2 aromatic rings. The number of fused-ring (bicyclic) bond motifs is 1. The molecule has 2 rings (SSSR count).